The molecule has 0 amide bonds. The summed E-state index contributed by atoms with van der Waals surface area (Å²) >= 11 is 0. The zero-order valence-corrected chi connectivity index (χ0v) is 14.7. The molecule has 1 unspecified atom stereocenters. The monoisotopic (exact) mass is 351 g/mol. The van der Waals surface area contributed by atoms with Gasteiger partial charge in [0, 0.05) is 18.7 Å². The van der Waals surface area contributed by atoms with Crippen LogP contribution in [0.4, 0.5) is 0 Å². The molecule has 4 rings (SSSR count). The average Bonchev–Trinajstić information content (AvgIpc) is 3.17. The molecule has 134 valence electrons. The van der Waals surface area contributed by atoms with E-state index in [9.17, 15) is 0 Å². The lowest BCUT2D eigenvalue weighted by molar-refractivity contribution is -0.0351. The van der Waals surface area contributed by atoms with E-state index in [0.717, 1.165) is 24.4 Å². The van der Waals surface area contributed by atoms with Crippen LogP contribution in [0.1, 0.15) is 17.6 Å². The van der Waals surface area contributed by atoms with Gasteiger partial charge >= 0.3 is 0 Å². The highest BCUT2D eigenvalue weighted by Gasteiger charge is 2.23. The summed E-state index contributed by atoms with van der Waals surface area (Å²) in [6.07, 6.45) is 0.0777. The Labute approximate surface area is 152 Å². The van der Waals surface area contributed by atoms with Gasteiger partial charge in [-0.1, -0.05) is 30.3 Å². The van der Waals surface area contributed by atoms with Crippen LogP contribution in [0.2, 0.25) is 0 Å². The van der Waals surface area contributed by atoms with Crippen LogP contribution in [0.3, 0.4) is 0 Å². The quantitative estimate of drug-likeness (QED) is 0.703. The Morgan fingerprint density at radius 2 is 1.88 bits per heavy atom. The second kappa shape index (κ2) is 7.68. The molecule has 1 aromatic heterocycles. The Kier molecular flexibility index (Phi) is 4.95. The van der Waals surface area contributed by atoms with Crippen molar-refractivity contribution in [3.63, 3.8) is 0 Å². The number of morpholine rings is 1. The van der Waals surface area contributed by atoms with E-state index in [1.165, 1.54) is 5.56 Å². The molecule has 1 atom stereocenters. The zero-order chi connectivity index (χ0) is 17.8. The molecular formula is C20H21N3O3. The predicted molar refractivity (Wildman–Crippen MR) is 96.7 cm³/mol. The van der Waals surface area contributed by atoms with Crippen molar-refractivity contribution >= 4 is 0 Å². The third-order valence-electron chi connectivity index (χ3n) is 4.48. The van der Waals surface area contributed by atoms with Gasteiger partial charge in [-0.15, -0.1) is 10.2 Å². The van der Waals surface area contributed by atoms with E-state index < -0.39 is 0 Å². The fourth-order valence-corrected chi connectivity index (χ4v) is 3.07. The van der Waals surface area contributed by atoms with E-state index in [-0.39, 0.29) is 6.10 Å². The maximum atomic E-state index is 5.91. The Morgan fingerprint density at radius 1 is 1.08 bits per heavy atom. The third kappa shape index (κ3) is 3.76. The molecule has 0 bridgehead atoms. The molecule has 0 spiro atoms. The van der Waals surface area contributed by atoms with Crippen molar-refractivity contribution in [2.75, 3.05) is 26.8 Å². The van der Waals surface area contributed by atoms with Crippen molar-refractivity contribution in [3.8, 4) is 17.2 Å². The summed E-state index contributed by atoms with van der Waals surface area (Å²) in [5, 5.41) is 8.37. The van der Waals surface area contributed by atoms with Crippen molar-refractivity contribution in [3.05, 3.63) is 66.1 Å². The molecule has 1 saturated heterocycles. The Hall–Kier alpha value is -2.70. The highest BCUT2D eigenvalue weighted by Crippen LogP contribution is 2.24. The fourth-order valence-electron chi connectivity index (χ4n) is 3.07. The van der Waals surface area contributed by atoms with Crippen LogP contribution in [0.5, 0.6) is 5.75 Å². The summed E-state index contributed by atoms with van der Waals surface area (Å²) in [7, 11) is 1.64. The normalized spacial score (nSPS) is 18.0. The van der Waals surface area contributed by atoms with Gasteiger partial charge in [0.1, 0.15) is 5.75 Å². The number of ether oxygens (including phenoxy) is 2. The van der Waals surface area contributed by atoms with E-state index >= 15 is 0 Å². The van der Waals surface area contributed by atoms with Gasteiger partial charge in [-0.25, -0.2) is 0 Å². The first-order valence-electron chi connectivity index (χ1n) is 8.67. The summed E-state index contributed by atoms with van der Waals surface area (Å²) in [6, 6.07) is 17.9. The van der Waals surface area contributed by atoms with Crippen molar-refractivity contribution in [2.24, 2.45) is 0 Å². The van der Waals surface area contributed by atoms with Crippen molar-refractivity contribution in [1.29, 1.82) is 0 Å². The highest BCUT2D eigenvalue weighted by molar-refractivity contribution is 5.53. The highest BCUT2D eigenvalue weighted by atomic mass is 16.5. The first kappa shape index (κ1) is 16.8. The second-order valence-electron chi connectivity index (χ2n) is 6.23. The molecular weight excluding hydrogens is 330 g/mol. The Morgan fingerprint density at radius 3 is 2.65 bits per heavy atom. The molecule has 6 nitrogen and oxygen atoms in total. The molecule has 0 radical (unpaired) electrons. The first-order valence-corrected chi connectivity index (χ1v) is 8.67. The molecule has 2 aromatic carbocycles. The van der Waals surface area contributed by atoms with Gasteiger partial charge in [-0.2, -0.15) is 0 Å². The lowest BCUT2D eigenvalue weighted by Crippen LogP contribution is -2.37. The van der Waals surface area contributed by atoms with Crippen molar-refractivity contribution in [1.82, 2.24) is 15.1 Å². The van der Waals surface area contributed by atoms with E-state index in [0.29, 0.717) is 24.9 Å². The number of benzene rings is 2. The van der Waals surface area contributed by atoms with Crippen LogP contribution < -0.4 is 4.74 Å². The number of nitrogens with zero attached hydrogens (tertiary/aromatic N) is 3. The Balaban J connectivity index is 1.42. The molecule has 2 heterocycles. The zero-order valence-electron chi connectivity index (χ0n) is 14.7. The standard InChI is InChI=1S/C20H21N3O3/c1-24-17-9-7-16(8-10-17)20-22-21-19(26-20)14-23-11-12-25-18(13-23)15-5-3-2-4-6-15/h2-10,18H,11-14H2,1H3. The third-order valence-corrected chi connectivity index (χ3v) is 4.48. The number of hydrogen-bond donors (Lipinski definition) is 0. The summed E-state index contributed by atoms with van der Waals surface area (Å²) in [4.78, 5) is 2.28. The van der Waals surface area contributed by atoms with Crippen molar-refractivity contribution in [2.45, 2.75) is 12.6 Å². The van der Waals surface area contributed by atoms with Crippen LogP contribution in [0.25, 0.3) is 11.5 Å². The second-order valence-corrected chi connectivity index (χ2v) is 6.23. The predicted octanol–water partition coefficient (Wildman–Crippen LogP) is 3.32. The van der Waals surface area contributed by atoms with E-state index in [2.05, 4.69) is 27.2 Å². The van der Waals surface area contributed by atoms with Gasteiger partial charge in [0.25, 0.3) is 0 Å². The van der Waals surface area contributed by atoms with Crippen LogP contribution in [0.15, 0.2) is 59.0 Å². The first-order chi connectivity index (χ1) is 12.8. The number of rotatable bonds is 5. The summed E-state index contributed by atoms with van der Waals surface area (Å²) in [5.41, 5.74) is 2.08. The minimum absolute atomic E-state index is 0.0777. The molecule has 6 heteroatoms. The number of hydrogen-bond acceptors (Lipinski definition) is 6. The maximum absolute atomic E-state index is 5.91. The van der Waals surface area contributed by atoms with E-state index in [4.69, 9.17) is 13.9 Å². The molecule has 0 N–H and O–H groups in total. The summed E-state index contributed by atoms with van der Waals surface area (Å²) in [6.45, 7) is 2.97. The number of aromatic nitrogens is 2. The summed E-state index contributed by atoms with van der Waals surface area (Å²) in [5.74, 6) is 1.94. The average molecular weight is 351 g/mol. The minimum atomic E-state index is 0.0777. The smallest absolute Gasteiger partial charge is 0.247 e. The SMILES string of the molecule is COc1ccc(-c2nnc(CN3CCOC(c4ccccc4)C3)o2)cc1. The maximum Gasteiger partial charge on any atom is 0.247 e. The topological polar surface area (TPSA) is 60.6 Å². The van der Waals surface area contributed by atoms with Crippen LogP contribution in [-0.4, -0.2) is 41.9 Å². The van der Waals surface area contributed by atoms with Crippen LogP contribution in [-0.2, 0) is 11.3 Å². The van der Waals surface area contributed by atoms with Crippen LogP contribution >= 0.6 is 0 Å². The lowest BCUT2D eigenvalue weighted by atomic mass is 10.1. The molecule has 26 heavy (non-hydrogen) atoms. The molecule has 3 aromatic rings. The van der Waals surface area contributed by atoms with Gasteiger partial charge in [0.15, 0.2) is 0 Å². The van der Waals surface area contributed by atoms with Crippen LogP contribution in [0, 0.1) is 0 Å². The van der Waals surface area contributed by atoms with Gasteiger partial charge < -0.3 is 13.9 Å². The van der Waals surface area contributed by atoms with E-state index in [1.807, 2.05) is 42.5 Å². The lowest BCUT2D eigenvalue weighted by Gasteiger charge is -2.32. The number of methoxy groups -OCH3 is 1. The van der Waals surface area contributed by atoms with E-state index in [1.54, 1.807) is 7.11 Å². The fraction of sp³-hybridized carbons (Fsp3) is 0.300. The molecule has 1 aliphatic heterocycles. The largest absolute Gasteiger partial charge is 0.497 e. The Bertz CT molecular complexity index is 833. The molecule has 1 aliphatic rings. The van der Waals surface area contributed by atoms with Gasteiger partial charge in [0.05, 0.1) is 26.4 Å². The van der Waals surface area contributed by atoms with Gasteiger partial charge in [-0.05, 0) is 29.8 Å². The molecule has 1 fully saturated rings. The molecule has 0 saturated carbocycles. The molecule has 0 aliphatic carbocycles. The van der Waals surface area contributed by atoms with Crippen molar-refractivity contribution < 1.29 is 13.9 Å². The minimum Gasteiger partial charge on any atom is -0.497 e. The van der Waals surface area contributed by atoms with Gasteiger partial charge in [0.2, 0.25) is 11.8 Å². The van der Waals surface area contributed by atoms with Gasteiger partial charge in [-0.3, -0.25) is 4.90 Å². The summed E-state index contributed by atoms with van der Waals surface area (Å²) < 4.78 is 16.9.